The molecule has 1 saturated heterocycles. The Morgan fingerprint density at radius 3 is 2.36 bits per heavy atom. The third kappa shape index (κ3) is 5.58. The molecule has 2 aromatic rings. The minimum atomic E-state index is -5.08. The number of carbonyl (C=O) groups is 3. The standard InChI is InChI=1S/C17H20N4O5.C2HF3O2/c1-3-21-13-5-4-9(6-12(13)19-14(22)16(21)24)15(23)20-7-10(11(18)8-20)17(25)26-2;3-2(4,5)1(6)7/h4-6,10-11H,3,7-8,18H2,1-2H3,(H,19,22);(H,6,7). The molecule has 1 amide bonds. The molecule has 0 bridgehead atoms. The van der Waals surface area contributed by atoms with Crippen LogP contribution in [0.4, 0.5) is 13.2 Å². The number of H-pyrrole nitrogens is 1. The average molecular weight is 474 g/mol. The second kappa shape index (κ2) is 9.85. The summed E-state index contributed by atoms with van der Waals surface area (Å²) in [6, 6.07) is 4.25. The van der Waals surface area contributed by atoms with E-state index in [9.17, 15) is 32.3 Å². The molecule has 11 nitrogen and oxygen atoms in total. The Morgan fingerprint density at radius 2 is 1.85 bits per heavy atom. The number of carboxylic acid groups (broad SMARTS) is 1. The van der Waals surface area contributed by atoms with Gasteiger partial charge in [-0.05, 0) is 25.1 Å². The fourth-order valence-electron chi connectivity index (χ4n) is 3.30. The van der Waals surface area contributed by atoms with Crippen LogP contribution in [0.15, 0.2) is 27.8 Å². The number of hydrogen-bond acceptors (Lipinski definition) is 7. The van der Waals surface area contributed by atoms with Crippen LogP contribution in [-0.2, 0) is 20.9 Å². The number of aromatic amines is 1. The van der Waals surface area contributed by atoms with Crippen LogP contribution >= 0.6 is 0 Å². The summed E-state index contributed by atoms with van der Waals surface area (Å²) in [5.74, 6) is -4.06. The summed E-state index contributed by atoms with van der Waals surface area (Å²) in [5, 5.41) is 7.12. The normalized spacial score (nSPS) is 17.9. The lowest BCUT2D eigenvalue weighted by molar-refractivity contribution is -0.192. The highest BCUT2D eigenvalue weighted by Gasteiger charge is 2.39. The van der Waals surface area contributed by atoms with Gasteiger partial charge < -0.3 is 30.0 Å². The van der Waals surface area contributed by atoms with Crippen molar-refractivity contribution in [2.75, 3.05) is 20.2 Å². The maximum absolute atomic E-state index is 12.8. The van der Waals surface area contributed by atoms with Gasteiger partial charge >= 0.3 is 29.2 Å². The molecule has 4 N–H and O–H groups in total. The van der Waals surface area contributed by atoms with Crippen molar-refractivity contribution in [3.8, 4) is 0 Å². The minimum Gasteiger partial charge on any atom is -0.475 e. The lowest BCUT2D eigenvalue weighted by Gasteiger charge is -2.16. The lowest BCUT2D eigenvalue weighted by Crippen LogP contribution is -2.36. The van der Waals surface area contributed by atoms with E-state index in [1.807, 2.05) is 0 Å². The van der Waals surface area contributed by atoms with Gasteiger partial charge in [0.2, 0.25) is 0 Å². The number of ether oxygens (including phenoxy) is 1. The number of carboxylic acids is 1. The molecular weight excluding hydrogens is 453 g/mol. The van der Waals surface area contributed by atoms with E-state index in [2.05, 4.69) is 4.98 Å². The molecule has 33 heavy (non-hydrogen) atoms. The largest absolute Gasteiger partial charge is 0.490 e. The highest BCUT2D eigenvalue weighted by Crippen LogP contribution is 2.21. The number of likely N-dealkylation sites (tertiary alicyclic amines) is 1. The maximum Gasteiger partial charge on any atom is 0.490 e. The third-order valence-electron chi connectivity index (χ3n) is 4.94. The van der Waals surface area contributed by atoms with Crippen molar-refractivity contribution in [2.45, 2.75) is 25.7 Å². The van der Waals surface area contributed by atoms with Crippen LogP contribution in [0.25, 0.3) is 11.0 Å². The number of nitrogens with zero attached hydrogens (tertiary/aromatic N) is 2. The fourth-order valence-corrected chi connectivity index (χ4v) is 3.30. The molecule has 1 fully saturated rings. The predicted molar refractivity (Wildman–Crippen MR) is 108 cm³/mol. The monoisotopic (exact) mass is 474 g/mol. The first-order valence-corrected chi connectivity index (χ1v) is 9.51. The molecule has 0 spiro atoms. The number of rotatable bonds is 3. The number of nitrogens with two attached hydrogens (primary N) is 1. The number of esters is 1. The summed E-state index contributed by atoms with van der Waals surface area (Å²) < 4.78 is 37.8. The zero-order chi connectivity index (χ0) is 25.1. The van der Waals surface area contributed by atoms with Gasteiger partial charge in [-0.1, -0.05) is 0 Å². The molecule has 14 heteroatoms. The van der Waals surface area contributed by atoms with Gasteiger partial charge in [0.1, 0.15) is 0 Å². The van der Waals surface area contributed by atoms with E-state index in [1.54, 1.807) is 19.1 Å². The topological polar surface area (TPSA) is 165 Å². The molecule has 0 aliphatic carbocycles. The molecule has 1 aliphatic heterocycles. The van der Waals surface area contributed by atoms with Crippen molar-refractivity contribution < 1.29 is 37.4 Å². The molecule has 1 aromatic heterocycles. The summed E-state index contributed by atoms with van der Waals surface area (Å²) in [6.45, 7) is 2.52. The van der Waals surface area contributed by atoms with Gasteiger partial charge in [-0.25, -0.2) is 4.79 Å². The van der Waals surface area contributed by atoms with Crippen molar-refractivity contribution >= 4 is 28.9 Å². The minimum absolute atomic E-state index is 0.176. The number of aryl methyl sites for hydroxylation is 1. The van der Waals surface area contributed by atoms with Crippen LogP contribution in [0.1, 0.15) is 17.3 Å². The van der Waals surface area contributed by atoms with E-state index in [0.717, 1.165) is 0 Å². The first kappa shape index (κ1) is 25.6. The second-order valence-electron chi connectivity index (χ2n) is 7.04. The molecule has 1 aliphatic rings. The number of carbonyl (C=O) groups excluding carboxylic acids is 2. The second-order valence-corrected chi connectivity index (χ2v) is 7.04. The van der Waals surface area contributed by atoms with E-state index >= 15 is 0 Å². The van der Waals surface area contributed by atoms with Crippen LogP contribution in [0.2, 0.25) is 0 Å². The molecular formula is C19H21F3N4O7. The van der Waals surface area contributed by atoms with Crippen molar-refractivity contribution in [3.05, 3.63) is 44.5 Å². The molecule has 0 radical (unpaired) electrons. The quantitative estimate of drug-likeness (QED) is 0.410. The van der Waals surface area contributed by atoms with Crippen molar-refractivity contribution in [3.63, 3.8) is 0 Å². The Bertz CT molecular complexity index is 1190. The van der Waals surface area contributed by atoms with E-state index in [1.165, 1.54) is 22.6 Å². The van der Waals surface area contributed by atoms with Crippen molar-refractivity contribution in [1.82, 2.24) is 14.5 Å². The number of aliphatic carboxylic acids is 1. The van der Waals surface area contributed by atoms with Gasteiger partial charge in [0.05, 0.1) is 24.1 Å². The molecule has 2 atom stereocenters. The summed E-state index contributed by atoms with van der Waals surface area (Å²) in [4.78, 5) is 61.1. The van der Waals surface area contributed by atoms with E-state index in [-0.39, 0.29) is 19.0 Å². The van der Waals surface area contributed by atoms with Crippen LogP contribution in [0.5, 0.6) is 0 Å². The van der Waals surface area contributed by atoms with Crippen LogP contribution in [0, 0.1) is 5.92 Å². The Morgan fingerprint density at radius 1 is 1.24 bits per heavy atom. The van der Waals surface area contributed by atoms with E-state index < -0.39 is 41.2 Å². The van der Waals surface area contributed by atoms with Crippen LogP contribution in [-0.4, -0.2) is 69.8 Å². The molecule has 2 heterocycles. The highest BCUT2D eigenvalue weighted by atomic mass is 19.4. The van der Waals surface area contributed by atoms with Crippen LogP contribution < -0.4 is 16.9 Å². The van der Waals surface area contributed by atoms with E-state index in [4.69, 9.17) is 20.4 Å². The summed E-state index contributed by atoms with van der Waals surface area (Å²) in [7, 11) is 1.28. The first-order chi connectivity index (χ1) is 15.3. The highest BCUT2D eigenvalue weighted by molar-refractivity contribution is 5.98. The number of nitrogens with one attached hydrogen (secondary N) is 1. The summed E-state index contributed by atoms with van der Waals surface area (Å²) in [5.41, 5.74) is 5.85. The first-order valence-electron chi connectivity index (χ1n) is 9.51. The summed E-state index contributed by atoms with van der Waals surface area (Å²) >= 11 is 0. The molecule has 2 unspecified atom stereocenters. The maximum atomic E-state index is 12.8. The number of hydrogen-bond donors (Lipinski definition) is 3. The Kier molecular flexibility index (Phi) is 7.64. The Labute approximate surface area is 183 Å². The third-order valence-corrected chi connectivity index (χ3v) is 4.94. The van der Waals surface area contributed by atoms with E-state index in [0.29, 0.717) is 23.1 Å². The summed E-state index contributed by atoms with van der Waals surface area (Å²) in [6.07, 6.45) is -5.08. The number of halogens is 3. The molecule has 0 saturated carbocycles. The zero-order valence-corrected chi connectivity index (χ0v) is 17.5. The predicted octanol–water partition coefficient (Wildman–Crippen LogP) is -0.0847. The van der Waals surface area contributed by atoms with Gasteiger partial charge in [-0.3, -0.25) is 19.2 Å². The Balaban J connectivity index is 0.000000479. The number of aromatic nitrogens is 2. The molecule has 1 aromatic carbocycles. The van der Waals surface area contributed by atoms with Gasteiger partial charge in [0.25, 0.3) is 5.91 Å². The molecule has 180 valence electrons. The van der Waals surface area contributed by atoms with Crippen molar-refractivity contribution in [2.24, 2.45) is 11.7 Å². The zero-order valence-electron chi connectivity index (χ0n) is 17.5. The smallest absolute Gasteiger partial charge is 0.475 e. The number of methoxy groups -OCH3 is 1. The SMILES string of the molecule is CCn1c(=O)c(=O)[nH]c2cc(C(=O)N3CC(N)C(C(=O)OC)C3)ccc21.O=C(O)C(F)(F)F. The Hall–Kier alpha value is -3.68. The van der Waals surface area contributed by atoms with Crippen molar-refractivity contribution in [1.29, 1.82) is 0 Å². The van der Waals surface area contributed by atoms with Gasteiger partial charge in [-0.15, -0.1) is 0 Å². The van der Waals surface area contributed by atoms with Gasteiger partial charge in [0.15, 0.2) is 0 Å². The molecule has 3 rings (SSSR count). The number of alkyl halides is 3. The number of fused-ring (bicyclic) bond motifs is 1. The number of amides is 1. The average Bonchev–Trinajstić information content (AvgIpc) is 3.14. The van der Waals surface area contributed by atoms with Gasteiger partial charge in [0, 0.05) is 31.2 Å². The number of benzene rings is 1. The lowest BCUT2D eigenvalue weighted by atomic mass is 10.1. The van der Waals surface area contributed by atoms with Gasteiger partial charge in [-0.2, -0.15) is 13.2 Å². The van der Waals surface area contributed by atoms with Crippen LogP contribution in [0.3, 0.4) is 0 Å². The fraction of sp³-hybridized carbons (Fsp3) is 0.421.